The van der Waals surface area contributed by atoms with E-state index in [0.29, 0.717) is 12.0 Å². The molecule has 0 heterocycles. The number of benzene rings is 3. The number of hydrogen-bond acceptors (Lipinski definition) is 3. The number of carbonyl (C=O) groups is 1. The topological polar surface area (TPSA) is 89.3 Å². The molecule has 31 heavy (non-hydrogen) atoms. The van der Waals surface area contributed by atoms with Crippen molar-refractivity contribution in [1.29, 1.82) is 0 Å². The Kier molecular flexibility index (Phi) is 7.25. The lowest BCUT2D eigenvalue weighted by Gasteiger charge is -2.20. The zero-order chi connectivity index (χ0) is 22.4. The van der Waals surface area contributed by atoms with Crippen molar-refractivity contribution < 1.29 is 13.2 Å². The zero-order valence-corrected chi connectivity index (χ0v) is 18.6. The summed E-state index contributed by atoms with van der Waals surface area (Å²) in [5, 5.41) is -0.586. The van der Waals surface area contributed by atoms with E-state index in [1.165, 1.54) is 0 Å². The van der Waals surface area contributed by atoms with Crippen LogP contribution in [-0.4, -0.2) is 14.3 Å². The molecule has 1 atom stereocenters. The average Bonchev–Trinajstić information content (AvgIpc) is 2.77. The molecule has 3 aromatic rings. The summed E-state index contributed by atoms with van der Waals surface area (Å²) in [5.41, 5.74) is 9.35. The third-order valence-corrected chi connectivity index (χ3v) is 6.93. The maximum absolute atomic E-state index is 13.1. The van der Waals surface area contributed by atoms with Crippen LogP contribution in [0, 0.1) is 5.92 Å². The van der Waals surface area contributed by atoms with Crippen LogP contribution in [0.2, 0.25) is 0 Å². The molecule has 3 N–H and O–H groups in total. The summed E-state index contributed by atoms with van der Waals surface area (Å²) in [5.74, 6) is -0.206. The molecule has 6 heteroatoms. The Balaban J connectivity index is 1.71. The van der Waals surface area contributed by atoms with Crippen molar-refractivity contribution in [2.75, 3.05) is 0 Å². The number of primary amides is 1. The predicted octanol–water partition coefficient (Wildman–Crippen LogP) is 4.66. The van der Waals surface area contributed by atoms with Crippen molar-refractivity contribution in [1.82, 2.24) is 4.72 Å². The fourth-order valence-corrected chi connectivity index (χ4v) is 5.19. The molecule has 0 fully saturated rings. The molecule has 3 rings (SSSR count). The highest BCUT2D eigenvalue weighted by Gasteiger charge is 2.27. The highest BCUT2D eigenvalue weighted by Crippen LogP contribution is 2.29. The number of nitrogens with one attached hydrogen (secondary N) is 1. The van der Waals surface area contributed by atoms with Gasteiger partial charge in [-0.25, -0.2) is 13.1 Å². The van der Waals surface area contributed by atoms with E-state index in [9.17, 15) is 13.2 Å². The van der Waals surface area contributed by atoms with Gasteiger partial charge in [0.15, 0.2) is 0 Å². The van der Waals surface area contributed by atoms with Crippen LogP contribution < -0.4 is 10.5 Å². The number of rotatable bonds is 9. The van der Waals surface area contributed by atoms with Gasteiger partial charge in [0.1, 0.15) is 5.25 Å². The van der Waals surface area contributed by atoms with Gasteiger partial charge in [-0.05, 0) is 46.7 Å². The summed E-state index contributed by atoms with van der Waals surface area (Å²) in [7, 11) is -3.54. The second-order valence-electron chi connectivity index (χ2n) is 8.03. The summed E-state index contributed by atoms with van der Waals surface area (Å²) in [6.07, 6.45) is 0.555. The maximum atomic E-state index is 13.1. The van der Waals surface area contributed by atoms with Crippen molar-refractivity contribution >= 4 is 15.9 Å². The van der Waals surface area contributed by atoms with E-state index in [-0.39, 0.29) is 12.5 Å². The van der Waals surface area contributed by atoms with Crippen molar-refractivity contribution in [2.45, 2.75) is 32.1 Å². The van der Waals surface area contributed by atoms with Crippen LogP contribution in [0.15, 0.2) is 78.9 Å². The summed E-state index contributed by atoms with van der Waals surface area (Å²) in [6, 6.07) is 24.1. The SMILES string of the molecule is CC(C)CC(c1ccccc1)S(=O)(=O)NCc1ccc(-c2ccc(C(N)=O)cc2)cc1. The fraction of sp³-hybridized carbons (Fsp3) is 0.240. The standard InChI is InChI=1S/C25H28N2O3S/c1-18(2)16-24(22-6-4-3-5-7-22)31(29,30)27-17-19-8-10-20(11-9-19)21-12-14-23(15-13-21)25(26)28/h3-15,18,24,27H,16-17H2,1-2H3,(H2,26,28). The normalized spacial score (nSPS) is 12.6. The molecule has 0 spiro atoms. The van der Waals surface area contributed by atoms with Crippen molar-refractivity contribution in [3.8, 4) is 11.1 Å². The molecule has 0 bridgehead atoms. The molecule has 0 aliphatic rings. The minimum atomic E-state index is -3.54. The monoisotopic (exact) mass is 436 g/mol. The fourth-order valence-electron chi connectivity index (χ4n) is 3.46. The molecular weight excluding hydrogens is 408 g/mol. The van der Waals surface area contributed by atoms with E-state index in [1.54, 1.807) is 12.1 Å². The van der Waals surface area contributed by atoms with Crippen molar-refractivity contribution in [3.63, 3.8) is 0 Å². The zero-order valence-electron chi connectivity index (χ0n) is 17.8. The third kappa shape index (κ3) is 6.03. The first-order valence-electron chi connectivity index (χ1n) is 10.3. The average molecular weight is 437 g/mol. The molecule has 1 unspecified atom stereocenters. The van der Waals surface area contributed by atoms with Crippen molar-refractivity contribution in [2.24, 2.45) is 11.7 Å². The minimum Gasteiger partial charge on any atom is -0.366 e. The molecule has 0 aliphatic heterocycles. The van der Waals surface area contributed by atoms with E-state index in [0.717, 1.165) is 22.3 Å². The van der Waals surface area contributed by atoms with Gasteiger partial charge in [0, 0.05) is 12.1 Å². The van der Waals surface area contributed by atoms with E-state index in [4.69, 9.17) is 5.73 Å². The van der Waals surface area contributed by atoms with E-state index in [2.05, 4.69) is 4.72 Å². The van der Waals surface area contributed by atoms with Gasteiger partial charge in [0.2, 0.25) is 15.9 Å². The van der Waals surface area contributed by atoms with Crippen LogP contribution in [0.1, 0.15) is 47.0 Å². The van der Waals surface area contributed by atoms with Gasteiger partial charge in [-0.3, -0.25) is 4.79 Å². The first kappa shape index (κ1) is 22.7. The Morgan fingerprint density at radius 1 is 0.871 bits per heavy atom. The van der Waals surface area contributed by atoms with E-state index >= 15 is 0 Å². The van der Waals surface area contributed by atoms with Crippen LogP contribution in [-0.2, 0) is 16.6 Å². The van der Waals surface area contributed by atoms with Gasteiger partial charge in [-0.1, -0.05) is 80.6 Å². The number of amides is 1. The Bertz CT molecular complexity index is 1110. The first-order chi connectivity index (χ1) is 14.8. The number of sulfonamides is 1. The first-order valence-corrected chi connectivity index (χ1v) is 11.8. The molecule has 1 amide bonds. The molecule has 5 nitrogen and oxygen atoms in total. The Morgan fingerprint density at radius 3 is 1.94 bits per heavy atom. The van der Waals surface area contributed by atoms with E-state index in [1.807, 2.05) is 80.6 Å². The molecule has 0 aromatic heterocycles. The number of carbonyl (C=O) groups excluding carboxylic acids is 1. The molecule has 0 radical (unpaired) electrons. The molecule has 162 valence electrons. The van der Waals surface area contributed by atoms with Crippen LogP contribution in [0.4, 0.5) is 0 Å². The Labute approximate surface area is 184 Å². The lowest BCUT2D eigenvalue weighted by Crippen LogP contribution is -2.29. The highest BCUT2D eigenvalue weighted by atomic mass is 32.2. The van der Waals surface area contributed by atoms with Gasteiger partial charge in [-0.15, -0.1) is 0 Å². The maximum Gasteiger partial charge on any atom is 0.248 e. The van der Waals surface area contributed by atoms with Crippen LogP contribution in [0.5, 0.6) is 0 Å². The molecule has 0 aliphatic carbocycles. The largest absolute Gasteiger partial charge is 0.366 e. The lowest BCUT2D eigenvalue weighted by atomic mass is 10.0. The second-order valence-corrected chi connectivity index (χ2v) is 9.98. The van der Waals surface area contributed by atoms with Gasteiger partial charge >= 0.3 is 0 Å². The van der Waals surface area contributed by atoms with Gasteiger partial charge in [0.05, 0.1) is 0 Å². The smallest absolute Gasteiger partial charge is 0.248 e. The van der Waals surface area contributed by atoms with Crippen LogP contribution in [0.3, 0.4) is 0 Å². The van der Waals surface area contributed by atoms with E-state index < -0.39 is 21.2 Å². The molecule has 0 saturated heterocycles. The molecule has 3 aromatic carbocycles. The molecular formula is C25H28N2O3S. The third-order valence-electron chi connectivity index (χ3n) is 5.17. The van der Waals surface area contributed by atoms with Gasteiger partial charge in [0.25, 0.3) is 0 Å². The Morgan fingerprint density at radius 2 is 1.42 bits per heavy atom. The molecule has 0 saturated carbocycles. The summed E-state index contributed by atoms with van der Waals surface area (Å²) in [4.78, 5) is 11.2. The van der Waals surface area contributed by atoms with Crippen LogP contribution in [0.25, 0.3) is 11.1 Å². The van der Waals surface area contributed by atoms with Crippen LogP contribution >= 0.6 is 0 Å². The highest BCUT2D eigenvalue weighted by molar-refractivity contribution is 7.89. The predicted molar refractivity (Wildman–Crippen MR) is 125 cm³/mol. The van der Waals surface area contributed by atoms with Gasteiger partial charge < -0.3 is 5.73 Å². The second kappa shape index (κ2) is 9.90. The summed E-state index contributed by atoms with van der Waals surface area (Å²) in [6.45, 7) is 4.28. The summed E-state index contributed by atoms with van der Waals surface area (Å²) >= 11 is 0. The van der Waals surface area contributed by atoms with Gasteiger partial charge in [-0.2, -0.15) is 0 Å². The number of hydrogen-bond donors (Lipinski definition) is 2. The summed E-state index contributed by atoms with van der Waals surface area (Å²) < 4.78 is 28.9. The number of nitrogens with two attached hydrogens (primary N) is 1. The lowest BCUT2D eigenvalue weighted by molar-refractivity contribution is 0.100. The Hall–Kier alpha value is -2.96. The van der Waals surface area contributed by atoms with Crippen molar-refractivity contribution in [3.05, 3.63) is 95.6 Å². The quantitative estimate of drug-likeness (QED) is 0.511. The minimum absolute atomic E-state index is 0.227.